The Morgan fingerprint density at radius 1 is 1.31 bits per heavy atom. The highest BCUT2D eigenvalue weighted by atomic mass is 79.9. The fourth-order valence-electron chi connectivity index (χ4n) is 1.11. The molecule has 1 rings (SSSR count). The summed E-state index contributed by atoms with van der Waals surface area (Å²) in [6.07, 6.45) is 3.98. The number of carbonyl (C=O) groups is 1. The van der Waals surface area contributed by atoms with Gasteiger partial charge in [-0.05, 0) is 23.0 Å². The lowest BCUT2D eigenvalue weighted by Crippen LogP contribution is -3.00. The number of nitro groups is 1. The van der Waals surface area contributed by atoms with Crippen molar-refractivity contribution in [3.05, 3.63) is 39.9 Å². The molecule has 0 aliphatic carbocycles. The Balaban J connectivity index is 0.00000225. The van der Waals surface area contributed by atoms with Gasteiger partial charge >= 0.3 is 0 Å². The number of benzene rings is 1. The van der Waals surface area contributed by atoms with Gasteiger partial charge in [0.1, 0.15) is 0 Å². The molecule has 0 saturated carbocycles. The molecule has 0 atom stereocenters. The number of hydrogen-bond acceptors (Lipinski definition) is 3. The highest BCUT2D eigenvalue weighted by molar-refractivity contribution is 7.96. The average Bonchev–Trinajstić information content (AvgIpc) is 2.17. The lowest BCUT2D eigenvalue weighted by atomic mass is 10.1. The van der Waals surface area contributed by atoms with Crippen molar-refractivity contribution in [1.29, 1.82) is 0 Å². The summed E-state index contributed by atoms with van der Waals surface area (Å²) in [5, 5.41) is 10.4. The van der Waals surface area contributed by atoms with E-state index in [0.717, 1.165) is 0 Å². The van der Waals surface area contributed by atoms with Crippen molar-refractivity contribution in [2.75, 3.05) is 18.3 Å². The van der Waals surface area contributed by atoms with Crippen LogP contribution in [-0.2, 0) is 10.9 Å². The number of hydrogen-bond donors (Lipinski definition) is 0. The number of carbonyl (C=O) groups excluding carboxylic acids is 1. The van der Waals surface area contributed by atoms with E-state index in [1.54, 1.807) is 0 Å². The lowest BCUT2D eigenvalue weighted by Gasteiger charge is -1.98. The molecule has 6 heteroatoms. The number of ketones is 1. The van der Waals surface area contributed by atoms with Crippen molar-refractivity contribution in [2.24, 2.45) is 0 Å². The monoisotopic (exact) mass is 305 g/mol. The highest BCUT2D eigenvalue weighted by Gasteiger charge is 2.14. The SMILES string of the molecule is C[S+](C)CC(=O)c1ccc([N+](=O)[O-])cc1.[Br-]. The molecule has 16 heavy (non-hydrogen) atoms. The summed E-state index contributed by atoms with van der Waals surface area (Å²) in [5.41, 5.74) is 0.556. The molecule has 0 bridgehead atoms. The van der Waals surface area contributed by atoms with E-state index in [2.05, 4.69) is 0 Å². The second-order valence-corrected chi connectivity index (χ2v) is 5.62. The summed E-state index contributed by atoms with van der Waals surface area (Å²) < 4.78 is 0. The van der Waals surface area contributed by atoms with E-state index in [0.29, 0.717) is 11.3 Å². The molecule has 0 heterocycles. The largest absolute Gasteiger partial charge is 1.00 e. The number of nitrogens with zero attached hydrogens (tertiary/aromatic N) is 1. The van der Waals surface area contributed by atoms with Gasteiger partial charge in [-0.2, -0.15) is 0 Å². The van der Waals surface area contributed by atoms with Crippen LogP contribution in [-0.4, -0.2) is 29.0 Å². The molecule has 0 aromatic heterocycles. The van der Waals surface area contributed by atoms with Gasteiger partial charge in [-0.3, -0.25) is 14.9 Å². The van der Waals surface area contributed by atoms with Gasteiger partial charge in [0.2, 0.25) is 5.78 Å². The average molecular weight is 306 g/mol. The summed E-state index contributed by atoms with van der Waals surface area (Å²) in [6.45, 7) is 0. The zero-order valence-corrected chi connectivity index (χ0v) is 11.4. The molecular formula is C10H12BrNO3S. The first kappa shape index (κ1) is 15.1. The van der Waals surface area contributed by atoms with Gasteiger partial charge in [0.25, 0.3) is 5.69 Å². The van der Waals surface area contributed by atoms with E-state index in [9.17, 15) is 14.9 Å². The van der Waals surface area contributed by atoms with Crippen molar-refractivity contribution in [2.45, 2.75) is 0 Å². The second kappa shape index (κ2) is 6.65. The Bertz CT molecular complexity index is 378. The van der Waals surface area contributed by atoms with Gasteiger partial charge in [-0.1, -0.05) is 0 Å². The van der Waals surface area contributed by atoms with E-state index in [1.807, 2.05) is 12.5 Å². The smallest absolute Gasteiger partial charge is 0.269 e. The minimum atomic E-state index is -0.474. The van der Waals surface area contributed by atoms with Crippen LogP contribution >= 0.6 is 0 Å². The fraction of sp³-hybridized carbons (Fsp3) is 0.300. The molecule has 0 aliphatic heterocycles. The molecule has 0 saturated heterocycles. The molecule has 1 aromatic rings. The summed E-state index contributed by atoms with van der Waals surface area (Å²) in [5.74, 6) is 0.538. The maximum absolute atomic E-state index is 11.6. The Hall–Kier alpha value is -0.880. The van der Waals surface area contributed by atoms with Crippen LogP contribution in [0, 0.1) is 10.1 Å². The third-order valence-electron chi connectivity index (χ3n) is 1.82. The Morgan fingerprint density at radius 2 is 1.81 bits per heavy atom. The predicted molar refractivity (Wildman–Crippen MR) is 61.5 cm³/mol. The van der Waals surface area contributed by atoms with Crippen LogP contribution in [0.25, 0.3) is 0 Å². The van der Waals surface area contributed by atoms with E-state index >= 15 is 0 Å². The van der Waals surface area contributed by atoms with E-state index in [4.69, 9.17) is 0 Å². The molecule has 0 unspecified atom stereocenters. The topological polar surface area (TPSA) is 60.2 Å². The fourth-order valence-corrected chi connectivity index (χ4v) is 1.81. The highest BCUT2D eigenvalue weighted by Crippen LogP contribution is 2.12. The van der Waals surface area contributed by atoms with E-state index in [1.165, 1.54) is 24.3 Å². The number of rotatable bonds is 4. The molecule has 0 N–H and O–H groups in total. The first-order chi connectivity index (χ1) is 7.00. The van der Waals surface area contributed by atoms with Gasteiger partial charge in [0.15, 0.2) is 5.75 Å². The van der Waals surface area contributed by atoms with Gasteiger partial charge in [-0.15, -0.1) is 0 Å². The number of nitro benzene ring substituents is 1. The third-order valence-corrected chi connectivity index (χ3v) is 2.66. The van der Waals surface area contributed by atoms with Gasteiger partial charge < -0.3 is 17.0 Å². The standard InChI is InChI=1S/C10H12NO3S.BrH/c1-15(2)7-10(12)8-3-5-9(6-4-8)11(13)14;/h3-6H,7H2,1-2H3;1H/q+1;/p-1. The summed E-state index contributed by atoms with van der Waals surface area (Å²) >= 11 is 0. The molecule has 0 spiro atoms. The van der Waals surface area contributed by atoms with Crippen molar-refractivity contribution < 1.29 is 26.7 Å². The summed E-state index contributed by atoms with van der Waals surface area (Å²) in [7, 11) is 0.0563. The Labute approximate surface area is 107 Å². The van der Waals surface area contributed by atoms with Crippen LogP contribution in [0.1, 0.15) is 10.4 Å². The number of Topliss-reactive ketones (excluding diaryl/α,β-unsaturated/α-hetero) is 1. The van der Waals surface area contributed by atoms with Crippen LogP contribution in [0.3, 0.4) is 0 Å². The Kier molecular flexibility index (Phi) is 6.28. The van der Waals surface area contributed by atoms with Crippen molar-refractivity contribution >= 4 is 22.4 Å². The zero-order chi connectivity index (χ0) is 11.4. The minimum absolute atomic E-state index is 0. The maximum atomic E-state index is 11.6. The second-order valence-electron chi connectivity index (χ2n) is 3.36. The molecule has 0 aliphatic rings. The van der Waals surface area contributed by atoms with Gasteiger partial charge in [0.05, 0.1) is 17.4 Å². The molecule has 4 nitrogen and oxygen atoms in total. The molecule has 0 amide bonds. The van der Waals surface area contributed by atoms with E-state index < -0.39 is 4.92 Å². The maximum Gasteiger partial charge on any atom is 0.269 e. The van der Waals surface area contributed by atoms with Crippen molar-refractivity contribution in [3.63, 3.8) is 0 Å². The normalized spacial score (nSPS) is 9.69. The lowest BCUT2D eigenvalue weighted by molar-refractivity contribution is -0.384. The van der Waals surface area contributed by atoms with Crippen LogP contribution in [0.4, 0.5) is 5.69 Å². The Morgan fingerprint density at radius 3 is 2.19 bits per heavy atom. The molecular weight excluding hydrogens is 294 g/mol. The zero-order valence-electron chi connectivity index (χ0n) is 8.97. The molecule has 0 radical (unpaired) electrons. The third kappa shape index (κ3) is 4.32. The van der Waals surface area contributed by atoms with Gasteiger partial charge in [-0.25, -0.2) is 0 Å². The van der Waals surface area contributed by atoms with E-state index in [-0.39, 0.29) is 39.3 Å². The molecule has 0 fully saturated rings. The minimum Gasteiger partial charge on any atom is -1.00 e. The number of halogens is 1. The van der Waals surface area contributed by atoms with Crippen LogP contribution < -0.4 is 17.0 Å². The van der Waals surface area contributed by atoms with Crippen LogP contribution in [0.2, 0.25) is 0 Å². The molecule has 1 aromatic carbocycles. The number of non-ortho nitro benzene ring substituents is 1. The first-order valence-electron chi connectivity index (χ1n) is 4.32. The quantitative estimate of drug-likeness (QED) is 0.299. The summed E-state index contributed by atoms with van der Waals surface area (Å²) in [4.78, 5) is 21.5. The summed E-state index contributed by atoms with van der Waals surface area (Å²) in [6, 6.07) is 5.73. The van der Waals surface area contributed by atoms with Crippen LogP contribution in [0.5, 0.6) is 0 Å². The van der Waals surface area contributed by atoms with Crippen molar-refractivity contribution in [1.82, 2.24) is 0 Å². The van der Waals surface area contributed by atoms with Gasteiger partial charge in [0, 0.05) is 17.7 Å². The van der Waals surface area contributed by atoms with Crippen LogP contribution in [0.15, 0.2) is 24.3 Å². The van der Waals surface area contributed by atoms with Crippen molar-refractivity contribution in [3.8, 4) is 0 Å². The first-order valence-corrected chi connectivity index (χ1v) is 6.53. The predicted octanol–water partition coefficient (Wildman–Crippen LogP) is -1.34. The molecule has 88 valence electrons.